The number of carbonyl (C=O) groups is 2. The Morgan fingerprint density at radius 1 is 1.24 bits per heavy atom. The summed E-state index contributed by atoms with van der Waals surface area (Å²) in [6.45, 7) is 0.931. The molecule has 2 amide bonds. The van der Waals surface area contributed by atoms with Crippen molar-refractivity contribution >= 4 is 11.8 Å². The highest BCUT2D eigenvalue weighted by Gasteiger charge is 2.35. The van der Waals surface area contributed by atoms with E-state index in [2.05, 4.69) is 20.8 Å². The van der Waals surface area contributed by atoms with Gasteiger partial charge >= 0.3 is 0 Å². The topological polar surface area (TPSA) is 93.0 Å². The number of rotatable bonds is 3. The fraction of sp³-hybridized carbons (Fsp3) is 0.308. The van der Waals surface area contributed by atoms with Gasteiger partial charge in [-0.05, 0) is 34.7 Å². The molecule has 1 fully saturated rings. The Hall–Kier alpha value is -2.77. The number of nitrogens with zero attached hydrogens (tertiary/aromatic N) is 5. The van der Waals surface area contributed by atoms with Crippen molar-refractivity contribution in [1.82, 2.24) is 30.4 Å². The van der Waals surface area contributed by atoms with Crippen LogP contribution in [0.5, 0.6) is 0 Å². The van der Waals surface area contributed by atoms with Gasteiger partial charge < -0.3 is 10.2 Å². The van der Waals surface area contributed by atoms with Crippen LogP contribution in [0.4, 0.5) is 0 Å². The fourth-order valence-electron chi connectivity index (χ4n) is 2.23. The highest BCUT2D eigenvalue weighted by Crippen LogP contribution is 2.19. The van der Waals surface area contributed by atoms with Crippen molar-refractivity contribution in [2.75, 3.05) is 20.1 Å². The molecule has 0 radical (unpaired) electrons. The van der Waals surface area contributed by atoms with Crippen molar-refractivity contribution < 1.29 is 9.59 Å². The molecule has 0 unspecified atom stereocenters. The van der Waals surface area contributed by atoms with Gasteiger partial charge in [0.05, 0.1) is 11.6 Å². The van der Waals surface area contributed by atoms with Crippen LogP contribution < -0.4 is 5.32 Å². The second-order valence-electron chi connectivity index (χ2n) is 4.82. The fourth-order valence-corrected chi connectivity index (χ4v) is 2.23. The van der Waals surface area contributed by atoms with Gasteiger partial charge in [-0.3, -0.25) is 9.59 Å². The first-order chi connectivity index (χ1) is 10.2. The molecule has 3 rings (SSSR count). The zero-order valence-electron chi connectivity index (χ0n) is 11.4. The summed E-state index contributed by atoms with van der Waals surface area (Å²) >= 11 is 0. The summed E-state index contributed by atoms with van der Waals surface area (Å²) < 4.78 is 1.51. The SMILES string of the molecule is CNC(=O)C1CN(C(=O)c2ccc(-n3cnnn3)cc2)C1. The molecule has 1 saturated heterocycles. The van der Waals surface area contributed by atoms with Gasteiger partial charge in [0.15, 0.2) is 0 Å². The van der Waals surface area contributed by atoms with Crippen LogP contribution in [0.25, 0.3) is 5.69 Å². The quantitative estimate of drug-likeness (QED) is 0.819. The molecule has 8 nitrogen and oxygen atoms in total. The van der Waals surface area contributed by atoms with E-state index in [9.17, 15) is 9.59 Å². The van der Waals surface area contributed by atoms with E-state index in [1.807, 2.05) is 0 Å². The van der Waals surface area contributed by atoms with Crippen molar-refractivity contribution in [3.8, 4) is 5.69 Å². The predicted molar refractivity (Wildman–Crippen MR) is 72.6 cm³/mol. The lowest BCUT2D eigenvalue weighted by molar-refractivity contribution is -0.128. The minimum atomic E-state index is -0.0977. The lowest BCUT2D eigenvalue weighted by atomic mass is 9.98. The second kappa shape index (κ2) is 5.31. The van der Waals surface area contributed by atoms with Crippen LogP contribution in [0, 0.1) is 5.92 Å². The van der Waals surface area contributed by atoms with Gasteiger partial charge in [-0.15, -0.1) is 5.10 Å². The van der Waals surface area contributed by atoms with Gasteiger partial charge in [0.25, 0.3) is 5.91 Å². The van der Waals surface area contributed by atoms with E-state index >= 15 is 0 Å². The van der Waals surface area contributed by atoms with Crippen LogP contribution in [0.15, 0.2) is 30.6 Å². The van der Waals surface area contributed by atoms with E-state index in [0.717, 1.165) is 5.69 Å². The van der Waals surface area contributed by atoms with Crippen molar-refractivity contribution in [3.05, 3.63) is 36.2 Å². The molecular weight excluding hydrogens is 272 g/mol. The molecule has 0 atom stereocenters. The minimum Gasteiger partial charge on any atom is -0.359 e. The van der Waals surface area contributed by atoms with E-state index in [1.165, 1.54) is 11.0 Å². The largest absolute Gasteiger partial charge is 0.359 e. The van der Waals surface area contributed by atoms with Crippen LogP contribution in [0.3, 0.4) is 0 Å². The van der Waals surface area contributed by atoms with E-state index in [4.69, 9.17) is 0 Å². The molecule has 1 aliphatic rings. The number of nitrogens with one attached hydrogen (secondary N) is 1. The van der Waals surface area contributed by atoms with E-state index in [-0.39, 0.29) is 17.7 Å². The monoisotopic (exact) mass is 286 g/mol. The lowest BCUT2D eigenvalue weighted by Crippen LogP contribution is -2.55. The van der Waals surface area contributed by atoms with Gasteiger partial charge in [0, 0.05) is 25.7 Å². The Labute approximate surface area is 120 Å². The molecule has 1 aromatic carbocycles. The maximum absolute atomic E-state index is 12.2. The number of aromatic nitrogens is 4. The summed E-state index contributed by atoms with van der Waals surface area (Å²) in [4.78, 5) is 25.3. The Morgan fingerprint density at radius 2 is 1.95 bits per heavy atom. The number of benzene rings is 1. The van der Waals surface area contributed by atoms with Crippen LogP contribution >= 0.6 is 0 Å². The molecule has 1 aromatic heterocycles. The molecule has 1 aliphatic heterocycles. The number of likely N-dealkylation sites (tertiary alicyclic amines) is 1. The van der Waals surface area contributed by atoms with E-state index in [1.54, 1.807) is 36.2 Å². The highest BCUT2D eigenvalue weighted by atomic mass is 16.2. The maximum atomic E-state index is 12.2. The zero-order valence-corrected chi connectivity index (χ0v) is 11.4. The summed E-state index contributed by atoms with van der Waals surface area (Å²) in [6.07, 6.45) is 1.49. The summed E-state index contributed by atoms with van der Waals surface area (Å²) in [5, 5.41) is 13.5. The number of hydrogen-bond donors (Lipinski definition) is 1. The van der Waals surface area contributed by atoms with Crippen molar-refractivity contribution in [2.24, 2.45) is 5.92 Å². The molecule has 0 spiro atoms. The number of carbonyl (C=O) groups excluding carboxylic acids is 2. The third-order valence-electron chi connectivity index (χ3n) is 3.51. The molecule has 2 aromatic rings. The molecule has 1 N–H and O–H groups in total. The Balaban J connectivity index is 1.65. The zero-order chi connectivity index (χ0) is 14.8. The predicted octanol–water partition coefficient (Wildman–Crippen LogP) is -0.520. The van der Waals surface area contributed by atoms with Gasteiger partial charge in [-0.25, -0.2) is 4.68 Å². The normalized spacial score (nSPS) is 14.6. The first kappa shape index (κ1) is 13.2. The first-order valence-corrected chi connectivity index (χ1v) is 6.53. The van der Waals surface area contributed by atoms with Gasteiger partial charge in [0.2, 0.25) is 5.91 Å². The molecule has 8 heteroatoms. The summed E-state index contributed by atoms with van der Waals surface area (Å²) in [6, 6.07) is 7.01. The average Bonchev–Trinajstić information content (AvgIpc) is 2.99. The Bertz CT molecular complexity index is 646. The standard InChI is InChI=1S/C13H14N6O2/c1-14-12(20)10-6-18(7-10)13(21)9-2-4-11(5-3-9)19-8-15-16-17-19/h2-5,8,10H,6-7H2,1H3,(H,14,20). The van der Waals surface area contributed by atoms with Crippen molar-refractivity contribution in [3.63, 3.8) is 0 Å². The lowest BCUT2D eigenvalue weighted by Gasteiger charge is -2.38. The molecule has 0 aliphatic carbocycles. The highest BCUT2D eigenvalue weighted by molar-refractivity contribution is 5.96. The molecular formula is C13H14N6O2. The van der Waals surface area contributed by atoms with Gasteiger partial charge in [-0.2, -0.15) is 0 Å². The van der Waals surface area contributed by atoms with Crippen LogP contribution in [-0.4, -0.2) is 57.1 Å². The van der Waals surface area contributed by atoms with Crippen LogP contribution in [0.2, 0.25) is 0 Å². The molecule has 0 saturated carbocycles. The Morgan fingerprint density at radius 3 is 2.52 bits per heavy atom. The summed E-state index contributed by atoms with van der Waals surface area (Å²) in [5.41, 5.74) is 1.37. The first-order valence-electron chi connectivity index (χ1n) is 6.53. The number of amides is 2. The second-order valence-corrected chi connectivity index (χ2v) is 4.82. The van der Waals surface area contributed by atoms with Crippen LogP contribution in [0.1, 0.15) is 10.4 Å². The van der Waals surface area contributed by atoms with Crippen LogP contribution in [-0.2, 0) is 4.79 Å². The summed E-state index contributed by atoms with van der Waals surface area (Å²) in [7, 11) is 1.60. The molecule has 108 valence electrons. The average molecular weight is 286 g/mol. The van der Waals surface area contributed by atoms with Gasteiger partial charge in [0.1, 0.15) is 6.33 Å². The summed E-state index contributed by atoms with van der Waals surface area (Å²) in [5.74, 6) is -0.189. The van der Waals surface area contributed by atoms with Crippen molar-refractivity contribution in [1.29, 1.82) is 0 Å². The van der Waals surface area contributed by atoms with Crippen molar-refractivity contribution in [2.45, 2.75) is 0 Å². The molecule has 21 heavy (non-hydrogen) atoms. The van der Waals surface area contributed by atoms with Gasteiger partial charge in [-0.1, -0.05) is 0 Å². The third kappa shape index (κ3) is 2.47. The Kier molecular flexibility index (Phi) is 3.35. The smallest absolute Gasteiger partial charge is 0.253 e. The maximum Gasteiger partial charge on any atom is 0.253 e. The number of hydrogen-bond acceptors (Lipinski definition) is 5. The third-order valence-corrected chi connectivity index (χ3v) is 3.51. The van der Waals surface area contributed by atoms with E-state index in [0.29, 0.717) is 18.7 Å². The molecule has 2 heterocycles. The van der Waals surface area contributed by atoms with E-state index < -0.39 is 0 Å². The number of tetrazole rings is 1. The molecule has 0 bridgehead atoms. The minimum absolute atomic E-state index is 0.0203.